The second kappa shape index (κ2) is 25.0. The molecule has 0 aliphatic carbocycles. The monoisotopic (exact) mass is 964 g/mol. The standard InChI is InChI=1S/C46H60N8O15/c1-24(50-42(64)30(47)18-26-9-13-28(57)14-10-26)41(63)52-31(19-25-6-3-2-4-7-25)43(65)49-21-36(58)51-32(45(67)54-17-5-8-34(54)44(66)53-33(22-55)40(48)62)20-27-11-15-29(16-12-27)68-46-39(61)38(60)37(59)35(23-56)69-46/h2-4,6-7,9-16,24,30-35,37-39,46,55-57,59-61H,5,8,17-23,47H2,1H3,(H2,48,62)(H,49,65)(H,50,64)(H,51,58)(H,52,63)(H,53,66)/t24-,30+,31+,32+,33+,34+,35-,37-,38+,39-,46-/m1/s1. The number of amides is 7. The molecule has 23 nitrogen and oxygen atoms in total. The number of ether oxygens (including phenoxy) is 2. The van der Waals surface area contributed by atoms with Gasteiger partial charge in [0.1, 0.15) is 66.1 Å². The quantitative estimate of drug-likeness (QED) is 0.0451. The third kappa shape index (κ3) is 14.9. The highest BCUT2D eigenvalue weighted by atomic mass is 16.7. The van der Waals surface area contributed by atoms with E-state index >= 15 is 0 Å². The number of primary amides is 1. The molecule has 374 valence electrons. The van der Waals surface area contributed by atoms with E-state index in [0.29, 0.717) is 23.1 Å². The number of nitrogens with one attached hydrogen (secondary N) is 5. The number of rotatable bonds is 22. The maximum atomic E-state index is 14.3. The van der Waals surface area contributed by atoms with E-state index in [1.807, 2.05) is 0 Å². The molecule has 69 heavy (non-hydrogen) atoms. The summed E-state index contributed by atoms with van der Waals surface area (Å²) in [6, 6.07) is 13.3. The normalized spacial score (nSPS) is 22.2. The van der Waals surface area contributed by atoms with Gasteiger partial charge in [0, 0.05) is 19.4 Å². The molecule has 2 fully saturated rings. The van der Waals surface area contributed by atoms with Crippen LogP contribution in [0.15, 0.2) is 78.9 Å². The molecule has 0 aromatic heterocycles. The maximum Gasteiger partial charge on any atom is 0.246 e. The minimum Gasteiger partial charge on any atom is -0.508 e. The molecule has 0 unspecified atom stereocenters. The molecule has 0 saturated carbocycles. The summed E-state index contributed by atoms with van der Waals surface area (Å²) < 4.78 is 11.1. The predicted octanol–water partition coefficient (Wildman–Crippen LogP) is -4.53. The number of nitrogens with zero attached hydrogens (tertiary/aromatic N) is 1. The van der Waals surface area contributed by atoms with Crippen molar-refractivity contribution >= 4 is 41.4 Å². The highest BCUT2D eigenvalue weighted by molar-refractivity contribution is 5.96. The van der Waals surface area contributed by atoms with Crippen molar-refractivity contribution in [2.24, 2.45) is 11.5 Å². The van der Waals surface area contributed by atoms with Crippen LogP contribution in [0.5, 0.6) is 11.5 Å². The highest BCUT2D eigenvalue weighted by Crippen LogP contribution is 2.26. The van der Waals surface area contributed by atoms with Crippen LogP contribution >= 0.6 is 0 Å². The van der Waals surface area contributed by atoms with Gasteiger partial charge in [-0.05, 0) is 67.1 Å². The zero-order chi connectivity index (χ0) is 50.4. The molecule has 2 aliphatic rings. The molecule has 15 N–H and O–H groups in total. The van der Waals surface area contributed by atoms with E-state index in [1.54, 1.807) is 42.5 Å². The van der Waals surface area contributed by atoms with Crippen LogP contribution in [-0.2, 0) is 57.6 Å². The van der Waals surface area contributed by atoms with Gasteiger partial charge in [0.15, 0.2) is 0 Å². The zero-order valence-electron chi connectivity index (χ0n) is 37.7. The first-order valence-corrected chi connectivity index (χ1v) is 22.2. The fourth-order valence-electron chi connectivity index (χ4n) is 7.67. The minimum atomic E-state index is -1.69. The van der Waals surface area contributed by atoms with E-state index in [0.717, 1.165) is 0 Å². The molecular weight excluding hydrogens is 905 g/mol. The molecule has 0 bridgehead atoms. The number of phenolic OH excluding ortho intramolecular Hbond substituents is 1. The Morgan fingerprint density at radius 3 is 2.00 bits per heavy atom. The van der Waals surface area contributed by atoms with Crippen LogP contribution in [0.2, 0.25) is 0 Å². The van der Waals surface area contributed by atoms with Crippen molar-refractivity contribution in [1.82, 2.24) is 31.5 Å². The zero-order valence-corrected chi connectivity index (χ0v) is 37.7. The van der Waals surface area contributed by atoms with E-state index in [1.165, 1.54) is 48.2 Å². The predicted molar refractivity (Wildman–Crippen MR) is 242 cm³/mol. The van der Waals surface area contributed by atoms with Crippen molar-refractivity contribution in [2.75, 3.05) is 26.3 Å². The molecule has 0 spiro atoms. The average molecular weight is 965 g/mol. The Kier molecular flexibility index (Phi) is 19.3. The summed E-state index contributed by atoms with van der Waals surface area (Å²) in [5.41, 5.74) is 13.1. The van der Waals surface area contributed by atoms with Gasteiger partial charge in [-0.25, -0.2) is 0 Å². The van der Waals surface area contributed by atoms with Crippen LogP contribution in [0.1, 0.15) is 36.5 Å². The summed E-state index contributed by atoms with van der Waals surface area (Å²) in [6.45, 7) is -0.662. The summed E-state index contributed by atoms with van der Waals surface area (Å²) in [5.74, 6) is -5.31. The van der Waals surface area contributed by atoms with E-state index in [9.17, 15) is 64.2 Å². The number of hydrogen-bond donors (Lipinski definition) is 13. The first kappa shape index (κ1) is 53.2. The van der Waals surface area contributed by atoms with Crippen LogP contribution in [0.3, 0.4) is 0 Å². The largest absolute Gasteiger partial charge is 0.508 e. The Bertz CT molecular complexity index is 2240. The number of nitrogens with two attached hydrogens (primary N) is 2. The van der Waals surface area contributed by atoms with Crippen LogP contribution < -0.4 is 42.8 Å². The van der Waals surface area contributed by atoms with Gasteiger partial charge in [-0.15, -0.1) is 0 Å². The molecule has 23 heteroatoms. The number of carbonyl (C=O) groups is 7. The number of hydrogen-bond acceptors (Lipinski definition) is 16. The lowest BCUT2D eigenvalue weighted by Crippen LogP contribution is -2.60. The van der Waals surface area contributed by atoms with Crippen molar-refractivity contribution in [2.45, 2.75) is 106 Å². The molecule has 2 heterocycles. The Balaban J connectivity index is 1.28. The van der Waals surface area contributed by atoms with Crippen LogP contribution in [0, 0.1) is 0 Å². The highest BCUT2D eigenvalue weighted by Gasteiger charge is 2.45. The van der Waals surface area contributed by atoms with Gasteiger partial charge in [0.2, 0.25) is 47.6 Å². The molecule has 2 saturated heterocycles. The fourth-order valence-corrected chi connectivity index (χ4v) is 7.67. The molecule has 3 aromatic rings. The maximum absolute atomic E-state index is 14.3. The number of phenols is 1. The lowest BCUT2D eigenvalue weighted by atomic mass is 9.99. The number of benzene rings is 3. The third-order valence-electron chi connectivity index (χ3n) is 11.6. The van der Waals surface area contributed by atoms with E-state index < -0.39 is 128 Å². The first-order chi connectivity index (χ1) is 32.9. The van der Waals surface area contributed by atoms with Crippen molar-refractivity contribution in [1.29, 1.82) is 0 Å². The smallest absolute Gasteiger partial charge is 0.246 e. The van der Waals surface area contributed by atoms with Gasteiger partial charge < -0.3 is 83.1 Å². The number of carbonyl (C=O) groups excluding carboxylic acids is 7. The van der Waals surface area contributed by atoms with Gasteiger partial charge >= 0.3 is 0 Å². The number of aliphatic hydroxyl groups excluding tert-OH is 5. The van der Waals surface area contributed by atoms with Gasteiger partial charge in [-0.2, -0.15) is 0 Å². The van der Waals surface area contributed by atoms with E-state index in [4.69, 9.17) is 20.9 Å². The van der Waals surface area contributed by atoms with Crippen molar-refractivity contribution in [3.05, 3.63) is 95.6 Å². The van der Waals surface area contributed by atoms with E-state index in [2.05, 4.69) is 26.6 Å². The molecule has 0 radical (unpaired) electrons. The first-order valence-electron chi connectivity index (χ1n) is 22.2. The summed E-state index contributed by atoms with van der Waals surface area (Å²) in [4.78, 5) is 94.3. The molecule has 3 aromatic carbocycles. The summed E-state index contributed by atoms with van der Waals surface area (Å²) in [5, 5.41) is 72.0. The summed E-state index contributed by atoms with van der Waals surface area (Å²) in [6.07, 6.45) is -7.22. The van der Waals surface area contributed by atoms with Crippen LogP contribution in [0.25, 0.3) is 0 Å². The molecule has 2 aliphatic heterocycles. The van der Waals surface area contributed by atoms with Crippen molar-refractivity contribution < 1.29 is 73.7 Å². The molecule has 5 rings (SSSR count). The average Bonchev–Trinajstić information content (AvgIpc) is 3.84. The Hall–Kier alpha value is -6.73. The van der Waals surface area contributed by atoms with E-state index in [-0.39, 0.29) is 43.7 Å². The van der Waals surface area contributed by atoms with Crippen molar-refractivity contribution in [3.8, 4) is 11.5 Å². The topological polar surface area (TPSA) is 375 Å². The number of aliphatic hydroxyl groups is 5. The van der Waals surface area contributed by atoms with Gasteiger partial charge in [0.05, 0.1) is 25.8 Å². The summed E-state index contributed by atoms with van der Waals surface area (Å²) >= 11 is 0. The number of aromatic hydroxyl groups is 1. The van der Waals surface area contributed by atoms with Crippen molar-refractivity contribution in [3.63, 3.8) is 0 Å². The lowest BCUT2D eigenvalue weighted by molar-refractivity contribution is -0.277. The Morgan fingerprint density at radius 2 is 1.36 bits per heavy atom. The number of likely N-dealkylation sites (tertiary alicyclic amines) is 1. The van der Waals surface area contributed by atoms with Crippen LogP contribution in [0.4, 0.5) is 0 Å². The molecule has 11 atom stereocenters. The van der Waals surface area contributed by atoms with Crippen LogP contribution in [-0.4, -0.2) is 170 Å². The van der Waals surface area contributed by atoms with Gasteiger partial charge in [0.25, 0.3) is 0 Å². The second-order valence-electron chi connectivity index (χ2n) is 16.8. The SMILES string of the molecule is C[C@@H](NC(=O)[C@@H](N)Cc1ccc(O)cc1)C(=O)N[C@@H](Cc1ccccc1)C(=O)NCC(=O)N[C@@H](Cc1ccc(O[C@@H]2O[C@H](CO)[C@@H](O)[C@H](O)[C@H]2O)cc1)C(=O)N1CCC[C@H]1C(=O)N[C@@H](CO)C(N)=O. The molecular formula is C46H60N8O15. The second-order valence-corrected chi connectivity index (χ2v) is 16.8. The molecule has 7 amide bonds. The third-order valence-corrected chi connectivity index (χ3v) is 11.6. The Labute approximate surface area is 396 Å². The fraction of sp³-hybridized carbons (Fsp3) is 0.457. The minimum absolute atomic E-state index is 0.0242. The lowest BCUT2D eigenvalue weighted by Gasteiger charge is -2.39. The van der Waals surface area contributed by atoms with Gasteiger partial charge in [-0.1, -0.05) is 54.6 Å². The van der Waals surface area contributed by atoms with Gasteiger partial charge in [-0.3, -0.25) is 33.6 Å². The summed E-state index contributed by atoms with van der Waals surface area (Å²) in [7, 11) is 0. The Morgan fingerprint density at radius 1 is 0.739 bits per heavy atom.